The number of aryl methyl sites for hydroxylation is 1. The standard InChI is InChI=1S/C31H34N4O3/c1-20(21-8-4-3-5-9-21)38-25-13-7-11-23(17-25)22-10-6-12-24(16-22)35-15-14-26(31(36)37)30(35)28-18-27(28)29-19-34(2)33-32-29/h6-7,10-17,19-21,27-28H,3-5,8-9,18H2,1-2H3,(H,36,37)/t20-,27?,28?/m0/s1. The number of nitrogens with zero attached hydrogens (tertiary/aromatic N) is 4. The van der Waals surface area contributed by atoms with Crippen molar-refractivity contribution in [1.29, 1.82) is 0 Å². The number of carbonyl (C=O) groups is 1. The third-order valence-electron chi connectivity index (χ3n) is 8.23. The summed E-state index contributed by atoms with van der Waals surface area (Å²) in [6.07, 6.45) is 11.3. The molecule has 0 amide bonds. The number of hydrogen-bond acceptors (Lipinski definition) is 4. The Morgan fingerprint density at radius 3 is 2.53 bits per heavy atom. The highest BCUT2D eigenvalue weighted by Crippen LogP contribution is 2.55. The molecule has 2 aromatic carbocycles. The van der Waals surface area contributed by atoms with Crippen molar-refractivity contribution in [2.75, 3.05) is 0 Å². The molecule has 7 heteroatoms. The van der Waals surface area contributed by atoms with Gasteiger partial charge in [-0.1, -0.05) is 48.7 Å². The highest BCUT2D eigenvalue weighted by molar-refractivity contribution is 5.90. The molecule has 7 nitrogen and oxygen atoms in total. The lowest BCUT2D eigenvalue weighted by Gasteiger charge is -2.28. The summed E-state index contributed by atoms with van der Waals surface area (Å²) in [6.45, 7) is 2.20. The number of hydrogen-bond donors (Lipinski definition) is 1. The summed E-state index contributed by atoms with van der Waals surface area (Å²) in [5, 5.41) is 18.3. The van der Waals surface area contributed by atoms with Crippen molar-refractivity contribution in [1.82, 2.24) is 19.6 Å². The average Bonchev–Trinajstić information content (AvgIpc) is 3.38. The van der Waals surface area contributed by atoms with E-state index < -0.39 is 5.97 Å². The van der Waals surface area contributed by atoms with Crippen molar-refractivity contribution < 1.29 is 14.6 Å². The largest absolute Gasteiger partial charge is 0.490 e. The van der Waals surface area contributed by atoms with Crippen molar-refractivity contribution in [3.63, 3.8) is 0 Å². The predicted octanol–water partition coefficient (Wildman–Crippen LogP) is 6.59. The van der Waals surface area contributed by atoms with E-state index in [2.05, 4.69) is 41.5 Å². The molecule has 2 saturated carbocycles. The maximum Gasteiger partial charge on any atom is 0.337 e. The molecule has 38 heavy (non-hydrogen) atoms. The van der Waals surface area contributed by atoms with E-state index in [1.165, 1.54) is 32.1 Å². The molecule has 0 spiro atoms. The van der Waals surface area contributed by atoms with Crippen molar-refractivity contribution in [2.24, 2.45) is 13.0 Å². The van der Waals surface area contributed by atoms with Gasteiger partial charge in [-0.05, 0) is 73.6 Å². The third kappa shape index (κ3) is 4.85. The number of benzene rings is 2. The van der Waals surface area contributed by atoms with Gasteiger partial charge in [0.2, 0.25) is 0 Å². The normalized spacial score (nSPS) is 20.3. The van der Waals surface area contributed by atoms with Crippen molar-refractivity contribution in [3.8, 4) is 22.6 Å². The third-order valence-corrected chi connectivity index (χ3v) is 8.23. The van der Waals surface area contributed by atoms with Crippen LogP contribution in [0.5, 0.6) is 5.75 Å². The van der Waals surface area contributed by atoms with Crippen LogP contribution in [-0.2, 0) is 7.05 Å². The quantitative estimate of drug-likeness (QED) is 0.289. The van der Waals surface area contributed by atoms with E-state index in [1.54, 1.807) is 10.7 Å². The van der Waals surface area contributed by atoms with E-state index >= 15 is 0 Å². The molecule has 2 aliphatic carbocycles. The monoisotopic (exact) mass is 510 g/mol. The molecule has 2 unspecified atom stereocenters. The number of ether oxygens (including phenoxy) is 1. The van der Waals surface area contributed by atoms with Crippen LogP contribution >= 0.6 is 0 Å². The molecule has 196 valence electrons. The molecular weight excluding hydrogens is 476 g/mol. The van der Waals surface area contributed by atoms with Gasteiger partial charge in [-0.15, -0.1) is 5.10 Å². The summed E-state index contributed by atoms with van der Waals surface area (Å²) in [5.74, 6) is 0.884. The second kappa shape index (κ2) is 10.1. The molecule has 3 atom stereocenters. The molecule has 2 aliphatic rings. The van der Waals surface area contributed by atoms with E-state index in [9.17, 15) is 9.90 Å². The number of rotatable bonds is 8. The van der Waals surface area contributed by atoms with Crippen LogP contribution in [0.2, 0.25) is 0 Å². The summed E-state index contributed by atoms with van der Waals surface area (Å²) >= 11 is 0. The Morgan fingerprint density at radius 1 is 1.03 bits per heavy atom. The Balaban J connectivity index is 1.28. The molecular formula is C31H34N4O3. The summed E-state index contributed by atoms with van der Waals surface area (Å²) in [4.78, 5) is 12.1. The fourth-order valence-corrected chi connectivity index (χ4v) is 6.09. The summed E-state index contributed by atoms with van der Waals surface area (Å²) in [6, 6.07) is 18.3. The molecule has 2 fully saturated rings. The fraction of sp³-hybridized carbons (Fsp3) is 0.387. The van der Waals surface area contributed by atoms with Crippen LogP contribution < -0.4 is 4.74 Å². The highest BCUT2D eigenvalue weighted by atomic mass is 16.5. The number of carboxylic acid groups (broad SMARTS) is 1. The van der Waals surface area contributed by atoms with Crippen LogP contribution in [0, 0.1) is 5.92 Å². The predicted molar refractivity (Wildman–Crippen MR) is 146 cm³/mol. The molecule has 0 bridgehead atoms. The van der Waals surface area contributed by atoms with Crippen LogP contribution in [0.3, 0.4) is 0 Å². The number of aromatic nitrogens is 4. The van der Waals surface area contributed by atoms with E-state index in [1.807, 2.05) is 48.3 Å². The minimum absolute atomic E-state index is 0.0921. The average molecular weight is 511 g/mol. The van der Waals surface area contributed by atoms with Crippen molar-refractivity contribution >= 4 is 5.97 Å². The van der Waals surface area contributed by atoms with Gasteiger partial charge >= 0.3 is 5.97 Å². The van der Waals surface area contributed by atoms with Crippen LogP contribution in [0.4, 0.5) is 0 Å². The Bertz CT molecular complexity index is 1450. The Labute approximate surface area is 223 Å². The topological polar surface area (TPSA) is 82.2 Å². The Hall–Kier alpha value is -3.87. The number of carboxylic acids is 1. The van der Waals surface area contributed by atoms with E-state index in [-0.39, 0.29) is 17.9 Å². The first kappa shape index (κ1) is 24.5. The first-order chi connectivity index (χ1) is 18.5. The van der Waals surface area contributed by atoms with Gasteiger partial charge in [-0.3, -0.25) is 4.68 Å². The molecule has 6 rings (SSSR count). The molecule has 4 aromatic rings. The van der Waals surface area contributed by atoms with Gasteiger partial charge in [0.1, 0.15) is 5.75 Å². The van der Waals surface area contributed by atoms with E-state index in [0.717, 1.165) is 40.4 Å². The first-order valence-corrected chi connectivity index (χ1v) is 13.7. The van der Waals surface area contributed by atoms with Crippen LogP contribution in [0.1, 0.15) is 79.0 Å². The maximum absolute atomic E-state index is 12.1. The Kier molecular flexibility index (Phi) is 6.52. The second-order valence-corrected chi connectivity index (χ2v) is 10.9. The SMILES string of the molecule is C[C@H](Oc1cccc(-c2cccc(-n3ccc(C(=O)O)c3C3CC3c3cn(C)nn3)c2)c1)C1CCCCC1. The van der Waals surface area contributed by atoms with Gasteiger partial charge < -0.3 is 14.4 Å². The fourth-order valence-electron chi connectivity index (χ4n) is 6.09. The molecule has 0 radical (unpaired) electrons. The van der Waals surface area contributed by atoms with Gasteiger partial charge in [0.15, 0.2) is 0 Å². The zero-order chi connectivity index (χ0) is 26.2. The lowest BCUT2D eigenvalue weighted by molar-refractivity contribution is 0.0695. The lowest BCUT2D eigenvalue weighted by Crippen LogP contribution is -2.25. The first-order valence-electron chi connectivity index (χ1n) is 13.7. The molecule has 2 heterocycles. The summed E-state index contributed by atoms with van der Waals surface area (Å²) in [5.41, 5.74) is 5.17. The highest BCUT2D eigenvalue weighted by Gasteiger charge is 2.45. The minimum Gasteiger partial charge on any atom is -0.490 e. The lowest BCUT2D eigenvalue weighted by atomic mass is 9.86. The van der Waals surface area contributed by atoms with Crippen LogP contribution in [0.25, 0.3) is 16.8 Å². The molecule has 2 aromatic heterocycles. The molecule has 0 saturated heterocycles. The molecule has 1 N–H and O–H groups in total. The van der Waals surface area contributed by atoms with Gasteiger partial charge in [0.25, 0.3) is 0 Å². The van der Waals surface area contributed by atoms with Gasteiger partial charge in [0, 0.05) is 42.7 Å². The number of aromatic carboxylic acids is 1. The van der Waals surface area contributed by atoms with E-state index in [4.69, 9.17) is 4.74 Å². The van der Waals surface area contributed by atoms with Gasteiger partial charge in [0.05, 0.1) is 17.4 Å². The second-order valence-electron chi connectivity index (χ2n) is 10.9. The van der Waals surface area contributed by atoms with E-state index in [0.29, 0.717) is 11.5 Å². The summed E-state index contributed by atoms with van der Waals surface area (Å²) < 4.78 is 10.1. The minimum atomic E-state index is -0.906. The summed E-state index contributed by atoms with van der Waals surface area (Å²) in [7, 11) is 1.85. The maximum atomic E-state index is 12.1. The smallest absolute Gasteiger partial charge is 0.337 e. The van der Waals surface area contributed by atoms with Gasteiger partial charge in [-0.2, -0.15) is 0 Å². The zero-order valence-corrected chi connectivity index (χ0v) is 22.0. The van der Waals surface area contributed by atoms with Crippen molar-refractivity contribution in [2.45, 2.75) is 63.4 Å². The van der Waals surface area contributed by atoms with Crippen LogP contribution in [-0.4, -0.2) is 36.7 Å². The Morgan fingerprint density at radius 2 is 1.79 bits per heavy atom. The van der Waals surface area contributed by atoms with Crippen LogP contribution in [0.15, 0.2) is 67.0 Å². The molecule has 0 aliphatic heterocycles. The zero-order valence-electron chi connectivity index (χ0n) is 22.0. The van der Waals surface area contributed by atoms with Crippen molar-refractivity contribution in [3.05, 3.63) is 83.9 Å². The van der Waals surface area contributed by atoms with Gasteiger partial charge in [-0.25, -0.2) is 4.79 Å².